The number of aryl methyl sites for hydroxylation is 1. The number of aromatic nitrogens is 2. The summed E-state index contributed by atoms with van der Waals surface area (Å²) in [6.45, 7) is 3.61. The summed E-state index contributed by atoms with van der Waals surface area (Å²) in [6.07, 6.45) is 6.25. The molecule has 1 fully saturated rings. The highest BCUT2D eigenvalue weighted by atomic mass is 16.2. The molecule has 0 atom stereocenters. The first kappa shape index (κ1) is 20.9. The van der Waals surface area contributed by atoms with Gasteiger partial charge < -0.3 is 20.5 Å². The quantitative estimate of drug-likeness (QED) is 0.548. The largest absolute Gasteiger partial charge is 0.349 e. The topological polar surface area (TPSA) is 88.1 Å². The molecule has 1 saturated carbocycles. The van der Waals surface area contributed by atoms with Gasteiger partial charge in [-0.25, -0.2) is 9.78 Å². The van der Waals surface area contributed by atoms with Crippen LogP contribution in [0.2, 0.25) is 0 Å². The number of hydrogen-bond acceptors (Lipinski definition) is 3. The molecule has 7 heteroatoms. The van der Waals surface area contributed by atoms with Crippen LogP contribution in [0.5, 0.6) is 0 Å². The summed E-state index contributed by atoms with van der Waals surface area (Å²) < 4.78 is 1.98. The maximum atomic E-state index is 12.5. The second-order valence-electron chi connectivity index (χ2n) is 8.19. The normalized spacial score (nSPS) is 14.0. The van der Waals surface area contributed by atoms with Gasteiger partial charge in [0, 0.05) is 31.2 Å². The first-order chi connectivity index (χ1) is 15.1. The van der Waals surface area contributed by atoms with Crippen molar-refractivity contribution in [2.45, 2.75) is 51.7 Å². The molecule has 0 bridgehead atoms. The van der Waals surface area contributed by atoms with E-state index >= 15 is 0 Å². The van der Waals surface area contributed by atoms with Crippen molar-refractivity contribution in [3.63, 3.8) is 0 Å². The van der Waals surface area contributed by atoms with Crippen LogP contribution in [0.15, 0.2) is 48.8 Å². The van der Waals surface area contributed by atoms with Crippen LogP contribution >= 0.6 is 0 Å². The van der Waals surface area contributed by atoms with Crippen molar-refractivity contribution < 1.29 is 9.59 Å². The zero-order valence-electron chi connectivity index (χ0n) is 17.9. The van der Waals surface area contributed by atoms with Crippen LogP contribution in [0.25, 0.3) is 11.0 Å². The number of urea groups is 1. The number of imidazole rings is 1. The molecular formula is C24H29N5O2. The fraction of sp³-hybridized carbons (Fsp3) is 0.375. The summed E-state index contributed by atoms with van der Waals surface area (Å²) >= 11 is 0. The minimum atomic E-state index is -0.198. The molecule has 3 N–H and O–H groups in total. The van der Waals surface area contributed by atoms with Gasteiger partial charge in [-0.1, -0.05) is 42.7 Å². The summed E-state index contributed by atoms with van der Waals surface area (Å²) in [5.41, 5.74) is 4.62. The highest BCUT2D eigenvalue weighted by molar-refractivity contribution is 5.97. The van der Waals surface area contributed by atoms with Gasteiger partial charge in [-0.3, -0.25) is 4.79 Å². The standard InChI is InChI=1S/C24H29N5O2/c1-17-6-8-18(9-7-17)15-26-24(31)25-12-13-29-16-27-21-14-19(10-11-22(21)29)23(30)28-20-4-2-3-5-20/h6-11,14,16,20H,2-5,12-13,15H2,1H3,(H,28,30)(H2,25,26,31). The zero-order valence-corrected chi connectivity index (χ0v) is 17.9. The van der Waals surface area contributed by atoms with Crippen molar-refractivity contribution in [3.8, 4) is 0 Å². The molecule has 0 radical (unpaired) electrons. The molecule has 7 nitrogen and oxygen atoms in total. The monoisotopic (exact) mass is 419 g/mol. The Morgan fingerprint density at radius 3 is 2.61 bits per heavy atom. The van der Waals surface area contributed by atoms with Crippen molar-refractivity contribution in [2.24, 2.45) is 0 Å². The van der Waals surface area contributed by atoms with E-state index in [0.717, 1.165) is 29.4 Å². The van der Waals surface area contributed by atoms with Crippen LogP contribution in [-0.2, 0) is 13.1 Å². The lowest BCUT2D eigenvalue weighted by Gasteiger charge is -2.12. The maximum absolute atomic E-state index is 12.5. The number of fused-ring (bicyclic) bond motifs is 1. The molecule has 1 aliphatic rings. The maximum Gasteiger partial charge on any atom is 0.315 e. The van der Waals surface area contributed by atoms with Gasteiger partial charge in [0.2, 0.25) is 0 Å². The van der Waals surface area contributed by atoms with Gasteiger partial charge in [0.1, 0.15) is 0 Å². The lowest BCUT2D eigenvalue weighted by molar-refractivity contribution is 0.0938. The third-order valence-corrected chi connectivity index (χ3v) is 5.79. The molecule has 4 rings (SSSR count). The van der Waals surface area contributed by atoms with Crippen LogP contribution in [0, 0.1) is 6.92 Å². The van der Waals surface area contributed by atoms with Gasteiger partial charge in [-0.15, -0.1) is 0 Å². The number of benzene rings is 2. The SMILES string of the molecule is Cc1ccc(CNC(=O)NCCn2cnc3cc(C(=O)NC4CCCC4)ccc32)cc1. The molecule has 1 heterocycles. The van der Waals surface area contributed by atoms with Gasteiger partial charge >= 0.3 is 6.03 Å². The Hall–Kier alpha value is -3.35. The van der Waals surface area contributed by atoms with Crippen molar-refractivity contribution in [3.05, 3.63) is 65.5 Å². The van der Waals surface area contributed by atoms with Gasteiger partial charge in [0.05, 0.1) is 17.4 Å². The second-order valence-corrected chi connectivity index (χ2v) is 8.19. The van der Waals surface area contributed by atoms with E-state index in [1.54, 1.807) is 6.33 Å². The number of rotatable bonds is 7. The Morgan fingerprint density at radius 1 is 1.06 bits per heavy atom. The summed E-state index contributed by atoms with van der Waals surface area (Å²) in [5, 5.41) is 8.85. The van der Waals surface area contributed by atoms with E-state index in [0.29, 0.717) is 31.2 Å². The van der Waals surface area contributed by atoms with Crippen LogP contribution in [-0.4, -0.2) is 34.1 Å². The lowest BCUT2D eigenvalue weighted by atomic mass is 10.1. The minimum absolute atomic E-state index is 0.0322. The predicted octanol–water partition coefficient (Wildman–Crippen LogP) is 3.52. The van der Waals surface area contributed by atoms with Crippen molar-refractivity contribution in [1.82, 2.24) is 25.5 Å². The molecule has 0 saturated heterocycles. The average Bonchev–Trinajstić information content (AvgIpc) is 3.43. The number of hydrogen-bond donors (Lipinski definition) is 3. The van der Waals surface area contributed by atoms with Gasteiger partial charge in [-0.2, -0.15) is 0 Å². The Morgan fingerprint density at radius 2 is 1.84 bits per heavy atom. The van der Waals surface area contributed by atoms with E-state index < -0.39 is 0 Å². The Kier molecular flexibility index (Phi) is 6.50. The molecule has 1 aliphatic carbocycles. The molecule has 0 aliphatic heterocycles. The number of nitrogens with one attached hydrogen (secondary N) is 3. The van der Waals surface area contributed by atoms with Crippen LogP contribution < -0.4 is 16.0 Å². The number of amides is 3. The zero-order chi connectivity index (χ0) is 21.6. The lowest BCUT2D eigenvalue weighted by Crippen LogP contribution is -2.36. The van der Waals surface area contributed by atoms with E-state index in [-0.39, 0.29) is 11.9 Å². The Bertz CT molecular complexity index is 1050. The first-order valence-electron chi connectivity index (χ1n) is 10.9. The summed E-state index contributed by atoms with van der Waals surface area (Å²) in [5.74, 6) is -0.0322. The fourth-order valence-corrected chi connectivity index (χ4v) is 3.96. The van der Waals surface area contributed by atoms with Crippen LogP contribution in [0.4, 0.5) is 4.79 Å². The highest BCUT2D eigenvalue weighted by Gasteiger charge is 2.18. The predicted molar refractivity (Wildman–Crippen MR) is 121 cm³/mol. The van der Waals surface area contributed by atoms with E-state index in [1.165, 1.54) is 18.4 Å². The van der Waals surface area contributed by atoms with Crippen molar-refractivity contribution in [1.29, 1.82) is 0 Å². The van der Waals surface area contributed by atoms with Crippen LogP contribution in [0.3, 0.4) is 0 Å². The number of carbonyl (C=O) groups is 2. The summed E-state index contributed by atoms with van der Waals surface area (Å²) in [7, 11) is 0. The van der Waals surface area contributed by atoms with Gasteiger partial charge in [0.25, 0.3) is 5.91 Å². The Balaban J connectivity index is 1.27. The molecule has 0 spiro atoms. The van der Waals surface area contributed by atoms with Crippen molar-refractivity contribution >= 4 is 23.0 Å². The molecule has 1 aromatic heterocycles. The molecule has 31 heavy (non-hydrogen) atoms. The summed E-state index contributed by atoms with van der Waals surface area (Å²) in [4.78, 5) is 29.0. The fourth-order valence-electron chi connectivity index (χ4n) is 3.96. The molecule has 0 unspecified atom stereocenters. The van der Waals surface area contributed by atoms with Gasteiger partial charge in [0.15, 0.2) is 0 Å². The van der Waals surface area contributed by atoms with E-state index in [4.69, 9.17) is 0 Å². The number of nitrogens with zero attached hydrogens (tertiary/aromatic N) is 2. The molecule has 3 amide bonds. The summed E-state index contributed by atoms with van der Waals surface area (Å²) in [6, 6.07) is 13.8. The smallest absolute Gasteiger partial charge is 0.315 e. The molecule has 3 aromatic rings. The minimum Gasteiger partial charge on any atom is -0.349 e. The van der Waals surface area contributed by atoms with Crippen molar-refractivity contribution in [2.75, 3.05) is 6.54 Å². The third-order valence-electron chi connectivity index (χ3n) is 5.79. The second kappa shape index (κ2) is 9.64. The highest BCUT2D eigenvalue weighted by Crippen LogP contribution is 2.19. The molecule has 2 aromatic carbocycles. The van der Waals surface area contributed by atoms with Gasteiger partial charge in [-0.05, 0) is 43.5 Å². The molecule has 162 valence electrons. The van der Waals surface area contributed by atoms with E-state index in [9.17, 15) is 9.59 Å². The number of carbonyl (C=O) groups excluding carboxylic acids is 2. The van der Waals surface area contributed by atoms with Crippen LogP contribution in [0.1, 0.15) is 47.2 Å². The third kappa shape index (κ3) is 5.42. The van der Waals surface area contributed by atoms with E-state index in [1.807, 2.05) is 54.0 Å². The molecular weight excluding hydrogens is 390 g/mol. The average molecular weight is 420 g/mol. The first-order valence-corrected chi connectivity index (χ1v) is 10.9. The Labute approximate surface area is 182 Å². The van der Waals surface area contributed by atoms with E-state index in [2.05, 4.69) is 20.9 Å².